The van der Waals surface area contributed by atoms with Gasteiger partial charge in [-0.2, -0.15) is 224 Å². The lowest BCUT2D eigenvalue weighted by Gasteiger charge is -2.43. The molecule has 0 atom stereocenters. The van der Waals surface area contributed by atoms with Gasteiger partial charge in [-0.25, -0.2) is 0 Å². The average Bonchev–Trinajstić information content (AvgIpc) is 0.705. The third kappa shape index (κ3) is 10.7. The molecule has 94 heavy (non-hydrogen) atoms. The van der Waals surface area contributed by atoms with Crippen molar-refractivity contribution in [2.24, 2.45) is 0 Å². The standard InChI is InChI=1S/C42H12F51P/c43-19(44,22(49,50)25(55,56)28(61,62)31(67,68)34(73,74)37(79,80)40(85,86)87)13-1-7-16(8-2-13)94(17-9-3-14(4-10-17)20(45,46)23(51,52)26(57,58)29(63,64)32(69,70)35(75,76)38(81,82)41(88,89)90)18-11-5-15(6-12-18)21(47,48)24(53,54)27(59,60)30(65,66)33(71,72)36(77,78)39(83,84)42(91,92)93/h1-12H. The zero-order chi connectivity index (χ0) is 75.5. The molecule has 0 amide bonds. The predicted molar refractivity (Wildman–Crippen MR) is 204 cm³/mol. The molecule has 0 bridgehead atoms. The van der Waals surface area contributed by atoms with Gasteiger partial charge in [0.1, 0.15) is 0 Å². The fraction of sp³-hybridized carbons (Fsp3) is 0.571. The SMILES string of the molecule is FC(F)(F)C(F)(F)C(F)(F)C(F)(F)C(F)(F)C(F)(F)C(F)(F)C(F)(F)c1ccc(P(c2ccc(C(F)(F)C(F)(F)C(F)(F)C(F)(F)C(F)(F)C(F)(F)C(F)(F)C(F)(F)F)cc2)c2ccc(C(F)(F)C(F)(F)C(F)(F)C(F)(F)C(F)(F)C(F)(F)C(F)(F)C(F)(F)F)cc2)cc1. The summed E-state index contributed by atoms with van der Waals surface area (Å²) in [5, 5.41) is -4.87. The fourth-order valence-electron chi connectivity index (χ4n) is 6.94. The topological polar surface area (TPSA) is 0 Å². The Morgan fingerprint density at radius 2 is 0.245 bits per heavy atom. The van der Waals surface area contributed by atoms with Crippen LogP contribution in [0.5, 0.6) is 0 Å². The van der Waals surface area contributed by atoms with Crippen LogP contribution in [-0.2, 0) is 17.8 Å². The highest BCUT2D eigenvalue weighted by Gasteiger charge is 2.99. The largest absolute Gasteiger partial charge is 0.460 e. The highest BCUT2D eigenvalue weighted by atomic mass is 31.1. The van der Waals surface area contributed by atoms with E-state index < -0.39 is 256 Å². The lowest BCUT2D eigenvalue weighted by atomic mass is 9.87. The van der Waals surface area contributed by atoms with Gasteiger partial charge in [-0.05, 0) is 23.8 Å². The van der Waals surface area contributed by atoms with Crippen molar-refractivity contribution in [3.63, 3.8) is 0 Å². The van der Waals surface area contributed by atoms with Crippen LogP contribution in [0.3, 0.4) is 0 Å². The second-order valence-corrected chi connectivity index (χ2v) is 20.8. The Morgan fingerprint density at radius 1 is 0.138 bits per heavy atom. The van der Waals surface area contributed by atoms with Crippen molar-refractivity contribution in [3.8, 4) is 0 Å². The molecule has 52 heteroatoms. The summed E-state index contributed by atoms with van der Waals surface area (Å²) in [5.41, 5.74) is -9.82. The fourth-order valence-corrected chi connectivity index (χ4v) is 9.18. The molecule has 3 rings (SSSR count). The van der Waals surface area contributed by atoms with E-state index in [0.717, 1.165) is 0 Å². The summed E-state index contributed by atoms with van der Waals surface area (Å²) in [6, 6.07) is -10.2. The first kappa shape index (κ1) is 82.7. The van der Waals surface area contributed by atoms with E-state index in [1.165, 1.54) is 0 Å². The Kier molecular flexibility index (Phi) is 19.6. The average molecular weight is 1520 g/mol. The van der Waals surface area contributed by atoms with Crippen molar-refractivity contribution in [3.05, 3.63) is 89.5 Å². The maximum absolute atomic E-state index is 15.2. The van der Waals surface area contributed by atoms with Gasteiger partial charge in [0.05, 0.1) is 0 Å². The zero-order valence-electron chi connectivity index (χ0n) is 41.7. The Balaban J connectivity index is 2.44. The summed E-state index contributed by atoms with van der Waals surface area (Å²) in [4.78, 5) is 0. The molecule has 0 spiro atoms. The molecule has 0 unspecified atom stereocenters. The zero-order valence-corrected chi connectivity index (χ0v) is 42.5. The van der Waals surface area contributed by atoms with Crippen LogP contribution in [0.15, 0.2) is 72.8 Å². The van der Waals surface area contributed by atoms with E-state index in [4.69, 9.17) is 0 Å². The van der Waals surface area contributed by atoms with E-state index in [1.54, 1.807) is 0 Å². The molecule has 542 valence electrons. The smallest absolute Gasteiger partial charge is 0.194 e. The first-order chi connectivity index (χ1) is 40.5. The highest BCUT2D eigenvalue weighted by Crippen LogP contribution is 2.69. The minimum Gasteiger partial charge on any atom is -0.194 e. The number of benzene rings is 3. The minimum absolute atomic E-state index is 0.622. The van der Waals surface area contributed by atoms with E-state index in [-0.39, 0.29) is 0 Å². The van der Waals surface area contributed by atoms with E-state index >= 15 is 26.3 Å². The quantitative estimate of drug-likeness (QED) is 0.0619. The van der Waals surface area contributed by atoms with E-state index in [1.807, 2.05) is 0 Å². The van der Waals surface area contributed by atoms with Crippen molar-refractivity contribution in [2.75, 3.05) is 0 Å². The second-order valence-electron chi connectivity index (χ2n) is 18.5. The van der Waals surface area contributed by atoms with Gasteiger partial charge < -0.3 is 0 Å². The molecule has 0 aromatic heterocycles. The van der Waals surface area contributed by atoms with Gasteiger partial charge in [0.15, 0.2) is 0 Å². The maximum Gasteiger partial charge on any atom is 0.460 e. The molecule has 0 saturated carbocycles. The summed E-state index contributed by atoms with van der Waals surface area (Å²) in [6.45, 7) is 0. The van der Waals surface area contributed by atoms with Crippen LogP contribution < -0.4 is 15.9 Å². The van der Waals surface area contributed by atoms with Crippen LogP contribution in [0, 0.1) is 0 Å². The third-order valence-electron chi connectivity index (χ3n) is 12.6. The monoisotopic (exact) mass is 1520 g/mol. The van der Waals surface area contributed by atoms with Crippen LogP contribution in [0.25, 0.3) is 0 Å². The molecule has 0 aliphatic heterocycles. The van der Waals surface area contributed by atoms with E-state index in [9.17, 15) is 198 Å². The molecule has 0 aliphatic rings. The molecule has 0 heterocycles. The van der Waals surface area contributed by atoms with E-state index in [2.05, 4.69) is 0 Å². The lowest BCUT2D eigenvalue weighted by molar-refractivity contribution is -0.462. The molecule has 0 N–H and O–H groups in total. The van der Waals surface area contributed by atoms with Crippen molar-refractivity contribution >= 4 is 23.8 Å². The van der Waals surface area contributed by atoms with Gasteiger partial charge in [0.2, 0.25) is 0 Å². The van der Waals surface area contributed by atoms with E-state index in [0.29, 0.717) is 0 Å². The lowest BCUT2D eigenvalue weighted by Crippen LogP contribution is -2.74. The molecular formula is C42H12F51P. The van der Waals surface area contributed by atoms with Crippen molar-refractivity contribution < 1.29 is 224 Å². The van der Waals surface area contributed by atoms with Crippen LogP contribution in [0.1, 0.15) is 16.7 Å². The molecule has 0 saturated heterocycles. The maximum atomic E-state index is 15.2. The third-order valence-corrected chi connectivity index (χ3v) is 15.1. The summed E-state index contributed by atoms with van der Waals surface area (Å²) >= 11 is 0. The van der Waals surface area contributed by atoms with Crippen molar-refractivity contribution in [2.45, 2.75) is 143 Å². The summed E-state index contributed by atoms with van der Waals surface area (Å²) in [6.07, 6.45) is -24.8. The molecule has 3 aromatic carbocycles. The Bertz CT molecular complexity index is 2830. The molecular weight excluding hydrogens is 1500 g/mol. The van der Waals surface area contributed by atoms with Crippen LogP contribution >= 0.6 is 7.92 Å². The Labute approximate surface area is 480 Å². The number of hydrogen-bond donors (Lipinski definition) is 0. The van der Waals surface area contributed by atoms with Crippen molar-refractivity contribution in [1.82, 2.24) is 0 Å². The number of halogens is 51. The van der Waals surface area contributed by atoms with Gasteiger partial charge >= 0.3 is 143 Å². The van der Waals surface area contributed by atoms with Gasteiger partial charge in [-0.1, -0.05) is 72.8 Å². The number of rotatable bonds is 24. The van der Waals surface area contributed by atoms with Gasteiger partial charge in [0.25, 0.3) is 0 Å². The summed E-state index contributed by atoms with van der Waals surface area (Å²) < 4.78 is 712. The molecule has 0 aliphatic carbocycles. The second kappa shape index (κ2) is 22.3. The Morgan fingerprint density at radius 3 is 0.362 bits per heavy atom. The molecule has 0 nitrogen and oxygen atoms in total. The molecule has 0 radical (unpaired) electrons. The summed E-state index contributed by atoms with van der Waals surface area (Å²) in [5.74, 6) is -185. The normalized spacial score (nSPS) is 16.3. The number of alkyl halides is 51. The van der Waals surface area contributed by atoms with Crippen LogP contribution in [0.4, 0.5) is 224 Å². The molecule has 3 aromatic rings. The predicted octanol–water partition coefficient (Wildman–Crippen LogP) is 19.8. The van der Waals surface area contributed by atoms with Gasteiger partial charge in [0, 0.05) is 16.7 Å². The minimum atomic E-state index is -9.30. The summed E-state index contributed by atoms with van der Waals surface area (Å²) in [7, 11) is -4.08. The first-order valence-corrected chi connectivity index (χ1v) is 23.1. The van der Waals surface area contributed by atoms with Gasteiger partial charge in [-0.15, -0.1) is 0 Å². The Hall–Kier alpha value is -5.48. The number of hydrogen-bond acceptors (Lipinski definition) is 0. The van der Waals surface area contributed by atoms with Crippen molar-refractivity contribution in [1.29, 1.82) is 0 Å². The molecule has 0 fully saturated rings. The first-order valence-electron chi connectivity index (χ1n) is 21.8. The van der Waals surface area contributed by atoms with Gasteiger partial charge in [-0.3, -0.25) is 0 Å². The highest BCUT2D eigenvalue weighted by molar-refractivity contribution is 7.79. The van der Waals surface area contributed by atoms with Crippen LogP contribution in [-0.4, -0.2) is 125 Å². The van der Waals surface area contributed by atoms with Crippen LogP contribution in [0.2, 0.25) is 0 Å².